The van der Waals surface area contributed by atoms with Gasteiger partial charge >= 0.3 is 6.18 Å². The van der Waals surface area contributed by atoms with Crippen molar-refractivity contribution < 1.29 is 17.6 Å². The van der Waals surface area contributed by atoms with Crippen molar-refractivity contribution in [2.75, 3.05) is 0 Å². The minimum atomic E-state index is -4.65. The second-order valence-corrected chi connectivity index (χ2v) is 2.69. The van der Waals surface area contributed by atoms with Crippen LogP contribution in [0.2, 0.25) is 0 Å². The molecule has 1 aromatic carbocycles. The van der Waals surface area contributed by atoms with Crippen LogP contribution in [0.4, 0.5) is 17.6 Å². The molecule has 0 aliphatic rings. The van der Waals surface area contributed by atoms with E-state index >= 15 is 0 Å². The maximum atomic E-state index is 12.6. The van der Waals surface area contributed by atoms with Gasteiger partial charge < -0.3 is 0 Å². The molecule has 0 spiro atoms. The van der Waals surface area contributed by atoms with Crippen LogP contribution in [-0.2, 0) is 12.7 Å². The van der Waals surface area contributed by atoms with Crippen LogP contribution in [0.3, 0.4) is 0 Å². The molecule has 0 heterocycles. The molecule has 1 aromatic rings. The highest BCUT2D eigenvalue weighted by molar-refractivity contribution is 5.30. The Labute approximate surface area is 82.0 Å². The number of nitrogens with zero attached hydrogens (tertiary/aromatic N) is 3. The number of azide groups is 1. The quantitative estimate of drug-likeness (QED) is 0.315. The number of hydrogen-bond donors (Lipinski definition) is 0. The Morgan fingerprint density at radius 1 is 1.33 bits per heavy atom. The van der Waals surface area contributed by atoms with Crippen molar-refractivity contribution in [3.8, 4) is 0 Å². The third-order valence-corrected chi connectivity index (χ3v) is 1.68. The number of hydrogen-bond acceptors (Lipinski definition) is 1. The molecule has 0 atom stereocenters. The molecule has 0 aliphatic carbocycles. The van der Waals surface area contributed by atoms with Gasteiger partial charge in [-0.1, -0.05) is 11.2 Å². The van der Waals surface area contributed by atoms with Crippen LogP contribution < -0.4 is 0 Å². The smallest absolute Gasteiger partial charge is 0.207 e. The highest BCUT2D eigenvalue weighted by Gasteiger charge is 2.33. The second kappa shape index (κ2) is 4.18. The molecule has 0 radical (unpaired) electrons. The fourth-order valence-electron chi connectivity index (χ4n) is 1.06. The molecule has 0 fully saturated rings. The molecule has 0 amide bonds. The summed E-state index contributed by atoms with van der Waals surface area (Å²) in [6.07, 6.45) is -4.65. The summed E-state index contributed by atoms with van der Waals surface area (Å²) in [7, 11) is 0. The van der Waals surface area contributed by atoms with E-state index in [2.05, 4.69) is 10.0 Å². The first-order chi connectivity index (χ1) is 6.95. The molecule has 0 saturated heterocycles. The van der Waals surface area contributed by atoms with Crippen LogP contribution in [0, 0.1) is 5.82 Å². The zero-order valence-corrected chi connectivity index (χ0v) is 7.29. The van der Waals surface area contributed by atoms with Gasteiger partial charge in [-0.25, -0.2) is 4.39 Å². The number of halogens is 4. The van der Waals surface area contributed by atoms with Crippen molar-refractivity contribution in [3.05, 3.63) is 45.6 Å². The third-order valence-electron chi connectivity index (χ3n) is 1.68. The Kier molecular flexibility index (Phi) is 3.16. The Balaban J connectivity index is 3.20. The molecule has 0 aromatic heterocycles. The molecule has 0 unspecified atom stereocenters. The lowest BCUT2D eigenvalue weighted by Gasteiger charge is -2.10. The lowest BCUT2D eigenvalue weighted by Crippen LogP contribution is -2.09. The van der Waals surface area contributed by atoms with Crippen molar-refractivity contribution in [1.82, 2.24) is 0 Å². The molecule has 15 heavy (non-hydrogen) atoms. The molecule has 0 aliphatic heterocycles. The van der Waals surface area contributed by atoms with Gasteiger partial charge in [-0.3, -0.25) is 0 Å². The lowest BCUT2D eigenvalue weighted by molar-refractivity contribution is -0.138. The van der Waals surface area contributed by atoms with Crippen LogP contribution in [0.25, 0.3) is 10.4 Å². The maximum absolute atomic E-state index is 12.6. The van der Waals surface area contributed by atoms with Crippen LogP contribution in [0.5, 0.6) is 0 Å². The van der Waals surface area contributed by atoms with Gasteiger partial charge in [-0.15, -0.1) is 0 Å². The van der Waals surface area contributed by atoms with E-state index in [1.54, 1.807) is 0 Å². The van der Waals surface area contributed by atoms with Gasteiger partial charge in [0.05, 0.1) is 12.1 Å². The van der Waals surface area contributed by atoms with E-state index in [0.717, 1.165) is 12.1 Å². The monoisotopic (exact) mass is 219 g/mol. The average Bonchev–Trinajstić information content (AvgIpc) is 2.14. The molecule has 80 valence electrons. The van der Waals surface area contributed by atoms with E-state index in [-0.39, 0.29) is 5.56 Å². The van der Waals surface area contributed by atoms with Crippen LogP contribution in [-0.4, -0.2) is 0 Å². The zero-order valence-electron chi connectivity index (χ0n) is 7.29. The molecular formula is C8H5F4N3. The van der Waals surface area contributed by atoms with Gasteiger partial charge in [0.2, 0.25) is 0 Å². The van der Waals surface area contributed by atoms with Crippen molar-refractivity contribution in [3.63, 3.8) is 0 Å². The summed E-state index contributed by atoms with van der Waals surface area (Å²) in [4.78, 5) is 2.34. The van der Waals surface area contributed by atoms with Gasteiger partial charge in [0.1, 0.15) is 5.82 Å². The fraction of sp³-hybridized carbons (Fsp3) is 0.250. The van der Waals surface area contributed by atoms with Crippen LogP contribution in [0.1, 0.15) is 11.1 Å². The SMILES string of the molecule is [N-]=[N+]=NCc1ccc(F)cc1C(F)(F)F. The molecule has 0 N–H and O–H groups in total. The Hall–Kier alpha value is -1.75. The van der Waals surface area contributed by atoms with Crippen molar-refractivity contribution >= 4 is 0 Å². The third kappa shape index (κ3) is 2.85. The molecule has 0 saturated carbocycles. The predicted molar refractivity (Wildman–Crippen MR) is 44.3 cm³/mol. The van der Waals surface area contributed by atoms with Gasteiger partial charge in [-0.2, -0.15) is 13.2 Å². The van der Waals surface area contributed by atoms with Gasteiger partial charge in [0.25, 0.3) is 0 Å². The molecule has 0 bridgehead atoms. The van der Waals surface area contributed by atoms with Gasteiger partial charge in [0, 0.05) is 4.91 Å². The topological polar surface area (TPSA) is 48.8 Å². The zero-order chi connectivity index (χ0) is 11.5. The predicted octanol–water partition coefficient (Wildman–Crippen LogP) is 3.65. The molecule has 1 rings (SSSR count). The van der Waals surface area contributed by atoms with Crippen molar-refractivity contribution in [2.45, 2.75) is 12.7 Å². The first-order valence-corrected chi connectivity index (χ1v) is 3.81. The summed E-state index contributed by atoms with van der Waals surface area (Å²) in [6.45, 7) is -0.453. The van der Waals surface area contributed by atoms with E-state index in [0.29, 0.717) is 6.07 Å². The average molecular weight is 219 g/mol. The number of alkyl halides is 3. The fourth-order valence-corrected chi connectivity index (χ4v) is 1.06. The summed E-state index contributed by atoms with van der Waals surface area (Å²) < 4.78 is 49.7. The largest absolute Gasteiger partial charge is 0.416 e. The Morgan fingerprint density at radius 3 is 2.53 bits per heavy atom. The maximum Gasteiger partial charge on any atom is 0.416 e. The van der Waals surface area contributed by atoms with E-state index in [4.69, 9.17) is 5.53 Å². The molecule has 7 heteroatoms. The normalized spacial score (nSPS) is 10.9. The van der Waals surface area contributed by atoms with Gasteiger partial charge in [0.15, 0.2) is 0 Å². The second-order valence-electron chi connectivity index (χ2n) is 2.69. The minimum absolute atomic E-state index is 0.248. The summed E-state index contributed by atoms with van der Waals surface area (Å²) in [5.74, 6) is -0.980. The highest BCUT2D eigenvalue weighted by Crippen LogP contribution is 2.32. The highest BCUT2D eigenvalue weighted by atomic mass is 19.4. The number of rotatable bonds is 2. The molecule has 3 nitrogen and oxygen atoms in total. The van der Waals surface area contributed by atoms with Crippen LogP contribution in [0.15, 0.2) is 23.3 Å². The van der Waals surface area contributed by atoms with Gasteiger partial charge in [-0.05, 0) is 23.2 Å². The number of benzene rings is 1. The van der Waals surface area contributed by atoms with E-state index in [9.17, 15) is 17.6 Å². The Bertz CT molecular complexity index is 407. The Morgan fingerprint density at radius 2 is 2.00 bits per heavy atom. The van der Waals surface area contributed by atoms with Crippen molar-refractivity contribution in [1.29, 1.82) is 0 Å². The summed E-state index contributed by atoms with van der Waals surface area (Å²) in [5.41, 5.74) is 6.61. The standard InChI is InChI=1S/C8H5F4N3/c9-6-2-1-5(4-14-15-13)7(3-6)8(10,11)12/h1-3H,4H2. The van der Waals surface area contributed by atoms with E-state index in [1.165, 1.54) is 0 Å². The lowest BCUT2D eigenvalue weighted by atomic mass is 10.1. The summed E-state index contributed by atoms with van der Waals surface area (Å²) in [6, 6.07) is 2.21. The van der Waals surface area contributed by atoms with E-state index in [1.807, 2.05) is 0 Å². The first-order valence-electron chi connectivity index (χ1n) is 3.81. The van der Waals surface area contributed by atoms with Crippen molar-refractivity contribution in [2.24, 2.45) is 5.11 Å². The first kappa shape index (κ1) is 11.3. The van der Waals surface area contributed by atoms with Crippen LogP contribution >= 0.6 is 0 Å². The summed E-state index contributed by atoms with van der Waals surface area (Å²) >= 11 is 0. The molecular weight excluding hydrogens is 214 g/mol. The minimum Gasteiger partial charge on any atom is -0.207 e. The summed E-state index contributed by atoms with van der Waals surface area (Å²) in [5, 5.41) is 3.00. The van der Waals surface area contributed by atoms with E-state index < -0.39 is 24.1 Å².